The van der Waals surface area contributed by atoms with E-state index in [1.807, 2.05) is 19.9 Å². The summed E-state index contributed by atoms with van der Waals surface area (Å²) in [5.74, 6) is -0.632. The van der Waals surface area contributed by atoms with E-state index in [-0.39, 0.29) is 11.9 Å². The molecule has 1 heterocycles. The van der Waals surface area contributed by atoms with Gasteiger partial charge < -0.3 is 5.32 Å². The number of carbonyl (C=O) groups excluding carboxylic acids is 2. The van der Waals surface area contributed by atoms with Crippen LogP contribution in [0.1, 0.15) is 60.7 Å². The van der Waals surface area contributed by atoms with Gasteiger partial charge in [0, 0.05) is 5.56 Å². The molecule has 2 amide bonds. The summed E-state index contributed by atoms with van der Waals surface area (Å²) in [4.78, 5) is 29.0. The van der Waals surface area contributed by atoms with Crippen molar-refractivity contribution in [1.29, 1.82) is 0 Å². The number of hydrogen-bond donors (Lipinski definition) is 3. The van der Waals surface area contributed by atoms with E-state index in [4.69, 9.17) is 5.21 Å². The maximum atomic E-state index is 12.5. The lowest BCUT2D eigenvalue weighted by molar-refractivity contribution is 0.0706. The maximum absolute atomic E-state index is 12.5. The molecule has 126 valence electrons. The Hall–Kier alpha value is -2.25. The van der Waals surface area contributed by atoms with Gasteiger partial charge in [-0.1, -0.05) is 6.07 Å². The normalized spacial score (nSPS) is 16.4. The molecule has 0 bridgehead atoms. The predicted molar refractivity (Wildman–Crippen MR) is 90.4 cm³/mol. The molecule has 7 heteroatoms. The zero-order valence-electron chi connectivity index (χ0n) is 13.5. The zero-order valence-corrected chi connectivity index (χ0v) is 14.4. The standard InChI is InChI=1S/C17H19N3O3S/c1-9-15(24-10(2)18-9)17(22)19-14-5-3-4-11-8-12(16(21)20-23)6-7-13(11)14/h6-8,14,23H,3-5H2,1-2H3,(H,19,22)(H,20,21). The van der Waals surface area contributed by atoms with Crippen molar-refractivity contribution in [1.82, 2.24) is 15.8 Å². The highest BCUT2D eigenvalue weighted by Gasteiger charge is 2.24. The van der Waals surface area contributed by atoms with E-state index < -0.39 is 5.91 Å². The van der Waals surface area contributed by atoms with Crippen LogP contribution in [0.15, 0.2) is 18.2 Å². The van der Waals surface area contributed by atoms with Gasteiger partial charge in [0.25, 0.3) is 11.8 Å². The fourth-order valence-electron chi connectivity index (χ4n) is 3.14. The molecular weight excluding hydrogens is 326 g/mol. The molecule has 1 aliphatic rings. The summed E-state index contributed by atoms with van der Waals surface area (Å²) < 4.78 is 0. The molecule has 1 atom stereocenters. The van der Waals surface area contributed by atoms with E-state index in [0.29, 0.717) is 10.4 Å². The van der Waals surface area contributed by atoms with Crippen molar-refractivity contribution in [2.75, 3.05) is 0 Å². The minimum atomic E-state index is -0.528. The van der Waals surface area contributed by atoms with Gasteiger partial charge >= 0.3 is 0 Å². The van der Waals surface area contributed by atoms with Crippen LogP contribution in [-0.2, 0) is 6.42 Å². The Balaban J connectivity index is 1.83. The minimum Gasteiger partial charge on any atom is -0.344 e. The molecule has 1 unspecified atom stereocenters. The second-order valence-corrected chi connectivity index (χ2v) is 7.12. The van der Waals surface area contributed by atoms with Crippen LogP contribution in [0.4, 0.5) is 0 Å². The summed E-state index contributed by atoms with van der Waals surface area (Å²) in [6.07, 6.45) is 2.65. The fraction of sp³-hybridized carbons (Fsp3) is 0.353. The van der Waals surface area contributed by atoms with Crippen molar-refractivity contribution < 1.29 is 14.8 Å². The van der Waals surface area contributed by atoms with Gasteiger partial charge in [0.05, 0.1) is 16.7 Å². The summed E-state index contributed by atoms with van der Waals surface area (Å²) in [7, 11) is 0. The monoisotopic (exact) mass is 345 g/mol. The van der Waals surface area contributed by atoms with Crippen LogP contribution in [0.2, 0.25) is 0 Å². The lowest BCUT2D eigenvalue weighted by Crippen LogP contribution is -2.31. The molecule has 0 aliphatic heterocycles. The largest absolute Gasteiger partial charge is 0.344 e. The molecular formula is C17H19N3O3S. The third kappa shape index (κ3) is 3.18. The number of thiazole rings is 1. The van der Waals surface area contributed by atoms with Crippen LogP contribution in [0.3, 0.4) is 0 Å². The van der Waals surface area contributed by atoms with Crippen molar-refractivity contribution in [3.63, 3.8) is 0 Å². The number of aromatic nitrogens is 1. The summed E-state index contributed by atoms with van der Waals surface area (Å²) in [6.45, 7) is 3.73. The van der Waals surface area contributed by atoms with Crippen LogP contribution in [0.25, 0.3) is 0 Å². The van der Waals surface area contributed by atoms with E-state index in [1.54, 1.807) is 17.6 Å². The third-order valence-corrected chi connectivity index (χ3v) is 5.31. The van der Waals surface area contributed by atoms with Crippen molar-refractivity contribution in [3.05, 3.63) is 50.5 Å². The number of fused-ring (bicyclic) bond motifs is 1. The first-order valence-electron chi connectivity index (χ1n) is 7.81. The third-order valence-electron chi connectivity index (χ3n) is 4.24. The number of nitrogens with one attached hydrogen (secondary N) is 2. The number of amides is 2. The van der Waals surface area contributed by atoms with E-state index >= 15 is 0 Å². The summed E-state index contributed by atoms with van der Waals surface area (Å²) in [5, 5.41) is 12.7. The molecule has 3 N–H and O–H groups in total. The van der Waals surface area contributed by atoms with Gasteiger partial charge in [-0.3, -0.25) is 14.8 Å². The summed E-state index contributed by atoms with van der Waals surface area (Å²) >= 11 is 1.40. The molecule has 6 nitrogen and oxygen atoms in total. The molecule has 24 heavy (non-hydrogen) atoms. The van der Waals surface area contributed by atoms with Crippen LogP contribution in [-0.4, -0.2) is 22.0 Å². The van der Waals surface area contributed by atoms with Gasteiger partial charge in [-0.25, -0.2) is 10.5 Å². The van der Waals surface area contributed by atoms with Crippen LogP contribution < -0.4 is 10.8 Å². The molecule has 1 aromatic heterocycles. The highest BCUT2D eigenvalue weighted by atomic mass is 32.1. The van der Waals surface area contributed by atoms with E-state index in [2.05, 4.69) is 10.3 Å². The number of rotatable bonds is 3. The van der Waals surface area contributed by atoms with Crippen molar-refractivity contribution >= 4 is 23.2 Å². The Morgan fingerprint density at radius 1 is 1.29 bits per heavy atom. The van der Waals surface area contributed by atoms with Gasteiger partial charge in [-0.2, -0.15) is 0 Å². The number of carbonyl (C=O) groups is 2. The van der Waals surface area contributed by atoms with Crippen LogP contribution in [0, 0.1) is 13.8 Å². The summed E-state index contributed by atoms with van der Waals surface area (Å²) in [5.41, 5.74) is 4.88. The van der Waals surface area contributed by atoms with Gasteiger partial charge in [0.1, 0.15) is 4.88 Å². The van der Waals surface area contributed by atoms with Crippen LogP contribution >= 0.6 is 11.3 Å². The fourth-order valence-corrected chi connectivity index (χ4v) is 3.96. The Labute approximate surface area is 143 Å². The molecule has 0 saturated heterocycles. The Morgan fingerprint density at radius 2 is 2.08 bits per heavy atom. The molecule has 0 spiro atoms. The number of nitrogens with zero attached hydrogens (tertiary/aromatic N) is 1. The highest BCUT2D eigenvalue weighted by Crippen LogP contribution is 2.31. The molecule has 0 fully saturated rings. The Morgan fingerprint density at radius 3 is 2.75 bits per heavy atom. The lowest BCUT2D eigenvalue weighted by Gasteiger charge is -2.26. The second-order valence-electron chi connectivity index (χ2n) is 5.92. The lowest BCUT2D eigenvalue weighted by atomic mass is 9.86. The molecule has 2 aromatic rings. The number of hydrogen-bond acceptors (Lipinski definition) is 5. The Bertz CT molecular complexity index is 800. The van der Waals surface area contributed by atoms with E-state index in [1.165, 1.54) is 11.3 Å². The van der Waals surface area contributed by atoms with Gasteiger partial charge in [0.15, 0.2) is 0 Å². The second kappa shape index (κ2) is 6.70. The van der Waals surface area contributed by atoms with Crippen molar-refractivity contribution in [2.24, 2.45) is 0 Å². The topological polar surface area (TPSA) is 91.3 Å². The maximum Gasteiger partial charge on any atom is 0.274 e. The Kier molecular flexibility index (Phi) is 4.64. The first-order valence-corrected chi connectivity index (χ1v) is 8.63. The van der Waals surface area contributed by atoms with Crippen molar-refractivity contribution in [2.45, 2.75) is 39.2 Å². The van der Waals surface area contributed by atoms with Crippen molar-refractivity contribution in [3.8, 4) is 0 Å². The first-order chi connectivity index (χ1) is 11.5. The number of hydroxylamine groups is 1. The van der Waals surface area contributed by atoms with E-state index in [9.17, 15) is 9.59 Å². The summed E-state index contributed by atoms with van der Waals surface area (Å²) in [6, 6.07) is 5.22. The predicted octanol–water partition coefficient (Wildman–Crippen LogP) is 2.69. The van der Waals surface area contributed by atoms with Crippen LogP contribution in [0.5, 0.6) is 0 Å². The zero-order chi connectivity index (χ0) is 17.3. The smallest absolute Gasteiger partial charge is 0.274 e. The molecule has 3 rings (SSSR count). The molecule has 0 saturated carbocycles. The van der Waals surface area contributed by atoms with Gasteiger partial charge in [0.2, 0.25) is 0 Å². The quantitative estimate of drug-likeness (QED) is 0.589. The van der Waals surface area contributed by atoms with Gasteiger partial charge in [-0.15, -0.1) is 11.3 Å². The molecule has 0 radical (unpaired) electrons. The number of aryl methyl sites for hydroxylation is 3. The average molecular weight is 345 g/mol. The van der Waals surface area contributed by atoms with Gasteiger partial charge in [-0.05, 0) is 56.4 Å². The highest BCUT2D eigenvalue weighted by molar-refractivity contribution is 7.13. The SMILES string of the molecule is Cc1nc(C)c(C(=O)NC2CCCc3cc(C(=O)NO)ccc32)s1. The molecule has 1 aromatic carbocycles. The van der Waals surface area contributed by atoms with E-state index in [0.717, 1.165) is 41.1 Å². The average Bonchev–Trinajstić information content (AvgIpc) is 2.92. The molecule has 1 aliphatic carbocycles. The number of benzene rings is 1. The first kappa shape index (κ1) is 16.6. The minimum absolute atomic E-state index is 0.0747.